The molecule has 0 fully saturated rings. The highest BCUT2D eigenvalue weighted by molar-refractivity contribution is 5.85. The molecular weight excluding hydrogens is 292 g/mol. The highest BCUT2D eigenvalue weighted by atomic mass is 35.5. The van der Waals surface area contributed by atoms with Gasteiger partial charge in [-0.05, 0) is 30.9 Å². The smallest absolute Gasteiger partial charge is 0.197 e. The molecule has 0 unspecified atom stereocenters. The number of aromatic nitrogens is 5. The normalized spacial score (nSPS) is 10.5. The van der Waals surface area contributed by atoms with Gasteiger partial charge in [-0.25, -0.2) is 4.98 Å². The van der Waals surface area contributed by atoms with Crippen molar-refractivity contribution in [1.82, 2.24) is 25.4 Å². The monoisotopic (exact) mass is 308 g/mol. The van der Waals surface area contributed by atoms with Crippen LogP contribution in [0.5, 0.6) is 0 Å². The van der Waals surface area contributed by atoms with E-state index in [1.165, 1.54) is 0 Å². The van der Waals surface area contributed by atoms with Gasteiger partial charge in [-0.3, -0.25) is 0 Å². The predicted octanol–water partition coefficient (Wildman–Crippen LogP) is 1.89. The van der Waals surface area contributed by atoms with Crippen LogP contribution in [-0.2, 0) is 19.3 Å². The van der Waals surface area contributed by atoms with Gasteiger partial charge in [0.05, 0.1) is 30.1 Å². The van der Waals surface area contributed by atoms with Crippen molar-refractivity contribution in [2.75, 3.05) is 5.73 Å². The zero-order chi connectivity index (χ0) is 13.8. The van der Waals surface area contributed by atoms with Crippen molar-refractivity contribution in [3.63, 3.8) is 0 Å². The number of nitrogen functional groups attached to an aromatic ring is 1. The van der Waals surface area contributed by atoms with Crippen molar-refractivity contribution in [3.05, 3.63) is 47.4 Å². The number of nitrogens with two attached hydrogens (primary N) is 1. The first kappa shape index (κ1) is 15.1. The van der Waals surface area contributed by atoms with Crippen molar-refractivity contribution in [1.29, 1.82) is 0 Å². The van der Waals surface area contributed by atoms with Crippen molar-refractivity contribution < 1.29 is 4.42 Å². The third-order valence-corrected chi connectivity index (χ3v) is 3.16. The number of anilines is 1. The Bertz CT molecular complexity index is 660. The van der Waals surface area contributed by atoms with Gasteiger partial charge in [-0.15, -0.1) is 12.4 Å². The minimum atomic E-state index is 0. The highest BCUT2D eigenvalue weighted by Crippen LogP contribution is 2.13. The van der Waals surface area contributed by atoms with Crippen LogP contribution in [0.3, 0.4) is 0 Å². The molecule has 0 atom stereocenters. The number of imidazole rings is 1. The van der Waals surface area contributed by atoms with Crippen LogP contribution < -0.4 is 5.73 Å². The lowest BCUT2D eigenvalue weighted by Crippen LogP contribution is -1.97. The topological polar surface area (TPSA) is 109 Å². The summed E-state index contributed by atoms with van der Waals surface area (Å²) in [6, 6.07) is 1.94. The van der Waals surface area contributed by atoms with Gasteiger partial charge in [-0.1, -0.05) is 0 Å². The standard InChI is InChI=1S/C13H16N6O.ClH/c14-13-15-7-10(16-13)2-1-3-11-12(18-19-17-11)6-9-4-5-20-8-9;/h4-5,7-8H,1-3,6H2,(H3,14,15,16)(H,17,18,19);1H. The van der Waals surface area contributed by atoms with E-state index in [0.717, 1.165) is 48.3 Å². The molecule has 0 aliphatic carbocycles. The van der Waals surface area contributed by atoms with E-state index in [2.05, 4.69) is 25.4 Å². The third kappa shape index (κ3) is 3.85. The number of halogens is 1. The molecule has 3 rings (SSSR count). The van der Waals surface area contributed by atoms with Crippen molar-refractivity contribution in [2.45, 2.75) is 25.7 Å². The van der Waals surface area contributed by atoms with Crippen LogP contribution in [0.2, 0.25) is 0 Å². The van der Waals surface area contributed by atoms with Gasteiger partial charge in [0.2, 0.25) is 0 Å². The van der Waals surface area contributed by atoms with Crippen LogP contribution in [0.15, 0.2) is 29.2 Å². The van der Waals surface area contributed by atoms with Gasteiger partial charge in [0.15, 0.2) is 5.95 Å². The van der Waals surface area contributed by atoms with Crippen LogP contribution in [0, 0.1) is 0 Å². The molecule has 3 aromatic rings. The van der Waals surface area contributed by atoms with E-state index in [4.69, 9.17) is 10.2 Å². The first-order chi connectivity index (χ1) is 9.81. The Morgan fingerprint density at radius 2 is 2.05 bits per heavy atom. The summed E-state index contributed by atoms with van der Waals surface area (Å²) in [6.45, 7) is 0. The largest absolute Gasteiger partial charge is 0.472 e. The van der Waals surface area contributed by atoms with E-state index in [9.17, 15) is 0 Å². The van der Waals surface area contributed by atoms with Crippen molar-refractivity contribution in [2.24, 2.45) is 0 Å². The van der Waals surface area contributed by atoms with E-state index in [1.807, 2.05) is 6.07 Å². The summed E-state index contributed by atoms with van der Waals surface area (Å²) in [7, 11) is 0. The summed E-state index contributed by atoms with van der Waals surface area (Å²) in [5.41, 5.74) is 9.65. The van der Waals surface area contributed by atoms with Crippen molar-refractivity contribution >= 4 is 18.4 Å². The average molecular weight is 309 g/mol. The van der Waals surface area contributed by atoms with Gasteiger partial charge < -0.3 is 15.1 Å². The lowest BCUT2D eigenvalue weighted by Gasteiger charge is -1.99. The summed E-state index contributed by atoms with van der Waals surface area (Å²) < 4.78 is 5.06. The number of H-pyrrole nitrogens is 2. The highest BCUT2D eigenvalue weighted by Gasteiger charge is 2.09. The number of furan rings is 1. The molecule has 3 aromatic heterocycles. The molecule has 0 spiro atoms. The molecule has 21 heavy (non-hydrogen) atoms. The minimum absolute atomic E-state index is 0. The lowest BCUT2D eigenvalue weighted by atomic mass is 10.1. The van der Waals surface area contributed by atoms with E-state index >= 15 is 0 Å². The second-order valence-electron chi connectivity index (χ2n) is 4.67. The second-order valence-corrected chi connectivity index (χ2v) is 4.67. The molecule has 7 nitrogen and oxygen atoms in total. The molecule has 0 aliphatic heterocycles. The molecule has 0 aliphatic rings. The quantitative estimate of drug-likeness (QED) is 0.644. The van der Waals surface area contributed by atoms with Gasteiger partial charge in [0.1, 0.15) is 0 Å². The Balaban J connectivity index is 0.00000161. The maximum atomic E-state index is 5.54. The molecule has 0 aromatic carbocycles. The Morgan fingerprint density at radius 3 is 2.76 bits per heavy atom. The number of aromatic amines is 2. The maximum Gasteiger partial charge on any atom is 0.197 e. The average Bonchev–Trinajstić information content (AvgIpc) is 3.15. The van der Waals surface area contributed by atoms with E-state index < -0.39 is 0 Å². The number of rotatable bonds is 6. The Kier molecular flexibility index (Phi) is 4.99. The predicted molar refractivity (Wildman–Crippen MR) is 80.2 cm³/mol. The Morgan fingerprint density at radius 1 is 1.19 bits per heavy atom. The first-order valence-corrected chi connectivity index (χ1v) is 6.50. The third-order valence-electron chi connectivity index (χ3n) is 3.16. The Labute approximate surface area is 127 Å². The van der Waals surface area contributed by atoms with Crippen LogP contribution in [-0.4, -0.2) is 25.4 Å². The molecule has 0 bridgehead atoms. The van der Waals surface area contributed by atoms with Gasteiger partial charge in [0, 0.05) is 12.1 Å². The molecule has 0 amide bonds. The summed E-state index contributed by atoms with van der Waals surface area (Å²) in [5.74, 6) is 0.460. The fraction of sp³-hybridized carbons (Fsp3) is 0.308. The number of hydrogen-bond donors (Lipinski definition) is 3. The van der Waals surface area contributed by atoms with Crippen LogP contribution >= 0.6 is 12.4 Å². The first-order valence-electron chi connectivity index (χ1n) is 6.50. The molecule has 0 radical (unpaired) electrons. The zero-order valence-corrected chi connectivity index (χ0v) is 12.2. The molecule has 0 saturated heterocycles. The molecule has 4 N–H and O–H groups in total. The van der Waals surface area contributed by atoms with Crippen LogP contribution in [0.25, 0.3) is 0 Å². The molecule has 0 saturated carbocycles. The molecule has 8 heteroatoms. The molecule has 3 heterocycles. The van der Waals surface area contributed by atoms with Crippen LogP contribution in [0.1, 0.15) is 29.1 Å². The molecule has 112 valence electrons. The summed E-state index contributed by atoms with van der Waals surface area (Å²) in [6.07, 6.45) is 8.62. The SMILES string of the molecule is Cl.Nc1ncc(CCCc2n[nH]nc2Cc2ccoc2)[nH]1. The summed E-state index contributed by atoms with van der Waals surface area (Å²) in [4.78, 5) is 6.99. The second kappa shape index (κ2) is 6.94. The fourth-order valence-electron chi connectivity index (χ4n) is 2.15. The number of nitrogens with one attached hydrogen (secondary N) is 2. The maximum absolute atomic E-state index is 5.54. The van der Waals surface area contributed by atoms with E-state index in [-0.39, 0.29) is 12.4 Å². The lowest BCUT2D eigenvalue weighted by molar-refractivity contribution is 0.564. The van der Waals surface area contributed by atoms with Crippen LogP contribution in [0.4, 0.5) is 5.95 Å². The minimum Gasteiger partial charge on any atom is -0.472 e. The van der Waals surface area contributed by atoms with Gasteiger partial charge in [-0.2, -0.15) is 15.4 Å². The summed E-state index contributed by atoms with van der Waals surface area (Å²) in [5, 5.41) is 11.1. The fourth-order valence-corrected chi connectivity index (χ4v) is 2.15. The van der Waals surface area contributed by atoms with Gasteiger partial charge in [0.25, 0.3) is 0 Å². The van der Waals surface area contributed by atoms with E-state index in [0.29, 0.717) is 5.95 Å². The van der Waals surface area contributed by atoms with Gasteiger partial charge >= 0.3 is 0 Å². The number of aryl methyl sites for hydroxylation is 2. The Hall–Kier alpha value is -2.28. The zero-order valence-electron chi connectivity index (χ0n) is 11.4. The number of hydrogen-bond acceptors (Lipinski definition) is 5. The number of nitrogens with zero attached hydrogens (tertiary/aromatic N) is 3. The summed E-state index contributed by atoms with van der Waals surface area (Å²) >= 11 is 0. The molecular formula is C13H17ClN6O. The van der Waals surface area contributed by atoms with E-state index in [1.54, 1.807) is 18.7 Å². The van der Waals surface area contributed by atoms with Crippen molar-refractivity contribution in [3.8, 4) is 0 Å².